The third-order valence-corrected chi connectivity index (χ3v) is 8.52. The Bertz CT molecular complexity index is 1080. The summed E-state index contributed by atoms with van der Waals surface area (Å²) in [6, 6.07) is 2.79. The van der Waals surface area contributed by atoms with E-state index in [1.165, 1.54) is 45.2 Å². The number of aromatic hydroxyl groups is 1. The van der Waals surface area contributed by atoms with Crippen LogP contribution in [0.1, 0.15) is 67.2 Å². The van der Waals surface area contributed by atoms with Crippen molar-refractivity contribution >= 4 is 11.0 Å². The fourth-order valence-corrected chi connectivity index (χ4v) is 6.73. The quantitative estimate of drug-likeness (QED) is 0.608. The maximum Gasteiger partial charge on any atom is 0.339 e. The zero-order valence-corrected chi connectivity index (χ0v) is 20.9. The van der Waals surface area contributed by atoms with Crippen LogP contribution >= 0.6 is 0 Å². The molecule has 0 unspecified atom stereocenters. The largest absolute Gasteiger partial charge is 0.507 e. The molecule has 0 amide bonds. The fraction of sp³-hybridized carbons (Fsp3) is 0.679. The van der Waals surface area contributed by atoms with Gasteiger partial charge in [0.15, 0.2) is 0 Å². The first kappa shape index (κ1) is 23.8. The lowest BCUT2D eigenvalue weighted by Crippen LogP contribution is -2.51. The van der Waals surface area contributed by atoms with Crippen molar-refractivity contribution < 1.29 is 14.3 Å². The summed E-state index contributed by atoms with van der Waals surface area (Å²) in [5, 5.41) is 12.1. The molecule has 0 saturated carbocycles. The Morgan fingerprint density at radius 3 is 2.74 bits per heavy atom. The number of ether oxygens (including phenoxy) is 1. The molecule has 6 heteroatoms. The van der Waals surface area contributed by atoms with Crippen molar-refractivity contribution in [1.29, 1.82) is 0 Å². The molecule has 1 N–H and O–H groups in total. The molecule has 3 heterocycles. The second-order valence-electron chi connectivity index (χ2n) is 10.7. The van der Waals surface area contributed by atoms with E-state index >= 15 is 0 Å². The van der Waals surface area contributed by atoms with E-state index in [1.807, 2.05) is 6.92 Å². The lowest BCUT2D eigenvalue weighted by Gasteiger charge is -2.45. The Morgan fingerprint density at radius 2 is 1.91 bits per heavy atom. The van der Waals surface area contributed by atoms with Crippen LogP contribution in [0.4, 0.5) is 0 Å². The number of phenolic OH excluding ortho intramolecular Hbond substituents is 1. The second kappa shape index (κ2) is 10.4. The summed E-state index contributed by atoms with van der Waals surface area (Å²) < 4.78 is 11.2. The van der Waals surface area contributed by atoms with Crippen LogP contribution in [0.25, 0.3) is 11.0 Å². The van der Waals surface area contributed by atoms with Gasteiger partial charge in [-0.3, -0.25) is 4.90 Å². The van der Waals surface area contributed by atoms with E-state index in [9.17, 15) is 9.90 Å². The van der Waals surface area contributed by atoms with Gasteiger partial charge in [0.2, 0.25) is 0 Å². The van der Waals surface area contributed by atoms with Gasteiger partial charge in [0.1, 0.15) is 11.3 Å². The number of nitrogens with zero attached hydrogens (tertiary/aromatic N) is 2. The Labute approximate surface area is 202 Å². The number of benzene rings is 1. The Morgan fingerprint density at radius 1 is 1.12 bits per heavy atom. The average Bonchev–Trinajstić information content (AvgIpc) is 2.86. The van der Waals surface area contributed by atoms with Crippen molar-refractivity contribution in [3.05, 3.63) is 38.7 Å². The first-order chi connectivity index (χ1) is 16.6. The monoisotopic (exact) mass is 468 g/mol. The molecule has 0 radical (unpaired) electrons. The third-order valence-electron chi connectivity index (χ3n) is 8.52. The maximum absolute atomic E-state index is 12.6. The average molecular weight is 469 g/mol. The van der Waals surface area contributed by atoms with E-state index in [1.54, 1.807) is 7.11 Å². The summed E-state index contributed by atoms with van der Waals surface area (Å²) >= 11 is 0. The molecule has 1 aromatic heterocycles. The van der Waals surface area contributed by atoms with Gasteiger partial charge in [-0.25, -0.2) is 4.79 Å². The van der Waals surface area contributed by atoms with Crippen LogP contribution in [0, 0.1) is 12.8 Å². The Balaban J connectivity index is 1.45. The zero-order chi connectivity index (χ0) is 23.7. The summed E-state index contributed by atoms with van der Waals surface area (Å²) in [5.74, 6) is 0.928. The van der Waals surface area contributed by atoms with Crippen molar-refractivity contribution in [2.24, 2.45) is 5.92 Å². The highest BCUT2D eigenvalue weighted by molar-refractivity contribution is 5.87. The molecule has 1 aromatic carbocycles. The van der Waals surface area contributed by atoms with E-state index < -0.39 is 0 Å². The number of aryl methyl sites for hydroxylation is 2. The first-order valence-corrected chi connectivity index (χ1v) is 13.3. The predicted octanol–water partition coefficient (Wildman–Crippen LogP) is 4.40. The highest BCUT2D eigenvalue weighted by Crippen LogP contribution is 2.36. The predicted molar refractivity (Wildman–Crippen MR) is 135 cm³/mol. The molecule has 6 nitrogen and oxygen atoms in total. The lowest BCUT2D eigenvalue weighted by atomic mass is 9.83. The van der Waals surface area contributed by atoms with Crippen molar-refractivity contribution in [1.82, 2.24) is 9.80 Å². The summed E-state index contributed by atoms with van der Waals surface area (Å²) in [7, 11) is 1.76. The van der Waals surface area contributed by atoms with Gasteiger partial charge >= 0.3 is 5.63 Å². The van der Waals surface area contributed by atoms with Gasteiger partial charge in [0.25, 0.3) is 0 Å². The first-order valence-electron chi connectivity index (χ1n) is 13.3. The summed E-state index contributed by atoms with van der Waals surface area (Å²) in [4.78, 5) is 17.8. The minimum absolute atomic E-state index is 0.228. The van der Waals surface area contributed by atoms with Crippen molar-refractivity contribution in [3.8, 4) is 5.75 Å². The van der Waals surface area contributed by atoms with Gasteiger partial charge in [-0.2, -0.15) is 0 Å². The highest BCUT2D eigenvalue weighted by atomic mass is 16.5. The topological polar surface area (TPSA) is 66.1 Å². The second-order valence-corrected chi connectivity index (χ2v) is 10.7. The van der Waals surface area contributed by atoms with Crippen molar-refractivity contribution in [2.75, 3.05) is 39.9 Å². The van der Waals surface area contributed by atoms with E-state index in [0.29, 0.717) is 36.3 Å². The number of hydrogen-bond donors (Lipinski definition) is 1. The van der Waals surface area contributed by atoms with Crippen LogP contribution in [0.5, 0.6) is 5.75 Å². The van der Waals surface area contributed by atoms with Crippen molar-refractivity contribution in [3.63, 3.8) is 0 Å². The maximum atomic E-state index is 12.6. The van der Waals surface area contributed by atoms with Gasteiger partial charge in [-0.15, -0.1) is 0 Å². The molecule has 34 heavy (non-hydrogen) atoms. The summed E-state index contributed by atoms with van der Waals surface area (Å²) in [5.41, 5.74) is 3.91. The molecule has 2 saturated heterocycles. The number of piperidine rings is 2. The molecule has 3 aliphatic rings. The lowest BCUT2D eigenvalue weighted by molar-refractivity contribution is 0.0335. The smallest absolute Gasteiger partial charge is 0.339 e. The minimum atomic E-state index is -0.228. The fourth-order valence-electron chi connectivity index (χ4n) is 6.73. The molecular formula is C28H40N2O4. The number of rotatable bonds is 7. The molecule has 186 valence electrons. The number of hydrogen-bond acceptors (Lipinski definition) is 6. The normalized spacial score (nSPS) is 23.3. The van der Waals surface area contributed by atoms with Gasteiger partial charge in [0.05, 0.1) is 6.61 Å². The third kappa shape index (κ3) is 4.65. The molecule has 0 spiro atoms. The van der Waals surface area contributed by atoms with Crippen molar-refractivity contribution in [2.45, 2.75) is 77.3 Å². The minimum Gasteiger partial charge on any atom is -0.507 e. The molecule has 2 atom stereocenters. The molecule has 2 fully saturated rings. The van der Waals surface area contributed by atoms with Gasteiger partial charge in [-0.1, -0.05) is 6.42 Å². The summed E-state index contributed by atoms with van der Waals surface area (Å²) in [6.45, 7) is 7.61. The van der Waals surface area contributed by atoms with Crippen LogP contribution < -0.4 is 5.63 Å². The van der Waals surface area contributed by atoms with Gasteiger partial charge in [-0.05, 0) is 88.9 Å². The zero-order valence-electron chi connectivity index (χ0n) is 20.9. The number of phenols is 1. The van der Waals surface area contributed by atoms with E-state index in [-0.39, 0.29) is 11.4 Å². The highest BCUT2D eigenvalue weighted by Gasteiger charge is 2.34. The van der Waals surface area contributed by atoms with Crippen LogP contribution in [0.3, 0.4) is 0 Å². The molecule has 0 bridgehead atoms. The van der Waals surface area contributed by atoms with E-state index in [0.717, 1.165) is 60.8 Å². The van der Waals surface area contributed by atoms with Gasteiger partial charge < -0.3 is 19.2 Å². The SMILES string of the molecule is COCCN(Cc1cc2c3c(c(=O)oc2c(C)c1O)CCCC3)C[C@@H]1CCCN2CCCC[C@H]12. The van der Waals surface area contributed by atoms with Crippen LogP contribution in [0.2, 0.25) is 0 Å². The van der Waals surface area contributed by atoms with Crippen LogP contribution in [-0.2, 0) is 24.1 Å². The number of methoxy groups -OCH3 is 1. The Kier molecular flexibility index (Phi) is 7.28. The van der Waals surface area contributed by atoms with E-state index in [2.05, 4.69) is 15.9 Å². The van der Waals surface area contributed by atoms with Crippen LogP contribution in [-0.4, -0.2) is 60.8 Å². The molecular weight excluding hydrogens is 428 g/mol. The standard InChI is InChI=1S/C28H40N2O4/c1-19-26(31)21(16-24-22-9-3-4-10-23(22)28(32)34-27(19)24)18-29(14-15-33-2)17-20-8-7-13-30-12-6-5-11-25(20)30/h16,20,25,31H,3-15,17-18H2,1-2H3/t20-,25+/m0/s1. The summed E-state index contributed by atoms with van der Waals surface area (Å²) in [6.07, 6.45) is 10.4. The molecule has 5 rings (SSSR count). The van der Waals surface area contributed by atoms with E-state index in [4.69, 9.17) is 9.15 Å². The van der Waals surface area contributed by atoms with Crippen LogP contribution in [0.15, 0.2) is 15.3 Å². The Hall–Kier alpha value is -1.89. The molecule has 2 aliphatic heterocycles. The molecule has 1 aliphatic carbocycles. The van der Waals surface area contributed by atoms with Gasteiger partial charge in [0, 0.05) is 54.9 Å². The number of fused-ring (bicyclic) bond motifs is 4. The molecule has 2 aromatic rings.